The third-order valence-electron chi connectivity index (χ3n) is 4.34. The van der Waals surface area contributed by atoms with Gasteiger partial charge in [0.25, 0.3) is 0 Å². The molecule has 140 valence electrons. The van der Waals surface area contributed by atoms with Crippen LogP contribution in [0.2, 0.25) is 5.02 Å². The summed E-state index contributed by atoms with van der Waals surface area (Å²) in [6.07, 6.45) is 3.65. The summed E-state index contributed by atoms with van der Waals surface area (Å²) in [6, 6.07) is 12.8. The molecule has 6 heteroatoms. The van der Waals surface area contributed by atoms with E-state index >= 15 is 0 Å². The number of para-hydroxylation sites is 1. The third-order valence-corrected chi connectivity index (χ3v) is 4.64. The number of aromatic amines is 1. The Kier molecular flexibility index (Phi) is 6.14. The zero-order valence-corrected chi connectivity index (χ0v) is 15.7. The minimum atomic E-state index is -0.386. The molecule has 5 nitrogen and oxygen atoms in total. The Balaban J connectivity index is 1.45. The Morgan fingerprint density at radius 3 is 2.74 bits per heavy atom. The third kappa shape index (κ3) is 4.68. The molecule has 1 N–H and O–H groups in total. The molecule has 3 aromatic rings. The van der Waals surface area contributed by atoms with E-state index in [9.17, 15) is 9.59 Å². The van der Waals surface area contributed by atoms with Gasteiger partial charge in [-0.3, -0.25) is 9.59 Å². The number of Topliss-reactive ketones (excluding diaryl/α,β-unsaturated/α-hetero) is 1. The molecular formula is C21H20ClNO4. The van der Waals surface area contributed by atoms with Crippen molar-refractivity contribution in [3.05, 3.63) is 64.8 Å². The fourth-order valence-electron chi connectivity index (χ4n) is 2.90. The molecule has 0 saturated heterocycles. The van der Waals surface area contributed by atoms with E-state index in [1.807, 2.05) is 24.4 Å². The highest BCUT2D eigenvalue weighted by Crippen LogP contribution is 2.25. The molecule has 0 saturated carbocycles. The van der Waals surface area contributed by atoms with E-state index in [-0.39, 0.29) is 24.8 Å². The average Bonchev–Trinajstić information content (AvgIpc) is 3.09. The lowest BCUT2D eigenvalue weighted by atomic mass is 10.1. The summed E-state index contributed by atoms with van der Waals surface area (Å²) >= 11 is 6.01. The summed E-state index contributed by atoms with van der Waals surface area (Å²) in [4.78, 5) is 27.3. The SMILES string of the molecule is COc1ccc(C(=O)COC(=O)CCCc2c[nH]c3ccccc23)cc1Cl. The predicted octanol–water partition coefficient (Wildman–Crippen LogP) is 4.58. The van der Waals surface area contributed by atoms with E-state index in [0.717, 1.165) is 17.3 Å². The zero-order valence-electron chi connectivity index (χ0n) is 15.0. The highest BCUT2D eigenvalue weighted by molar-refractivity contribution is 6.32. The van der Waals surface area contributed by atoms with Crippen molar-refractivity contribution in [2.75, 3.05) is 13.7 Å². The molecule has 0 fully saturated rings. The fraction of sp³-hybridized carbons (Fsp3) is 0.238. The van der Waals surface area contributed by atoms with Crippen LogP contribution in [-0.4, -0.2) is 30.5 Å². The highest BCUT2D eigenvalue weighted by Gasteiger charge is 2.12. The Morgan fingerprint density at radius 2 is 1.96 bits per heavy atom. The number of fused-ring (bicyclic) bond motifs is 1. The first-order valence-corrected chi connectivity index (χ1v) is 9.03. The summed E-state index contributed by atoms with van der Waals surface area (Å²) in [5.74, 6) is -0.199. The van der Waals surface area contributed by atoms with Crippen molar-refractivity contribution in [2.45, 2.75) is 19.3 Å². The Hall–Kier alpha value is -2.79. The van der Waals surface area contributed by atoms with Crippen LogP contribution >= 0.6 is 11.6 Å². The lowest BCUT2D eigenvalue weighted by Gasteiger charge is -2.07. The van der Waals surface area contributed by atoms with Gasteiger partial charge >= 0.3 is 5.97 Å². The van der Waals surface area contributed by atoms with Gasteiger partial charge < -0.3 is 14.5 Å². The van der Waals surface area contributed by atoms with Crippen molar-refractivity contribution in [1.82, 2.24) is 4.98 Å². The lowest BCUT2D eigenvalue weighted by molar-refractivity contribution is -0.142. The van der Waals surface area contributed by atoms with Gasteiger partial charge in [-0.15, -0.1) is 0 Å². The number of ether oxygens (including phenoxy) is 2. The van der Waals surface area contributed by atoms with Crippen molar-refractivity contribution in [3.63, 3.8) is 0 Å². The van der Waals surface area contributed by atoms with Gasteiger partial charge in [-0.05, 0) is 42.7 Å². The van der Waals surface area contributed by atoms with Gasteiger partial charge in [-0.1, -0.05) is 29.8 Å². The number of esters is 1. The van der Waals surface area contributed by atoms with Gasteiger partial charge in [0.2, 0.25) is 0 Å². The van der Waals surface area contributed by atoms with Crippen LogP contribution in [0, 0.1) is 0 Å². The Morgan fingerprint density at radius 1 is 1.15 bits per heavy atom. The molecule has 0 spiro atoms. The number of aromatic nitrogens is 1. The van der Waals surface area contributed by atoms with Gasteiger partial charge in [0.1, 0.15) is 5.75 Å². The zero-order chi connectivity index (χ0) is 19.2. The molecule has 2 aromatic carbocycles. The van der Waals surface area contributed by atoms with E-state index in [4.69, 9.17) is 21.1 Å². The van der Waals surface area contributed by atoms with Gasteiger partial charge in [-0.25, -0.2) is 0 Å². The molecule has 0 aliphatic heterocycles. The maximum absolute atomic E-state index is 12.1. The first-order valence-electron chi connectivity index (χ1n) is 8.66. The van der Waals surface area contributed by atoms with Crippen LogP contribution < -0.4 is 4.74 Å². The first-order chi connectivity index (χ1) is 13.1. The van der Waals surface area contributed by atoms with E-state index in [2.05, 4.69) is 11.1 Å². The average molecular weight is 386 g/mol. The van der Waals surface area contributed by atoms with Crippen molar-refractivity contribution >= 4 is 34.3 Å². The molecule has 0 atom stereocenters. The molecule has 0 radical (unpaired) electrons. The van der Waals surface area contributed by atoms with Crippen molar-refractivity contribution < 1.29 is 19.1 Å². The van der Waals surface area contributed by atoms with Crippen LogP contribution in [0.3, 0.4) is 0 Å². The molecule has 0 aliphatic carbocycles. The second-order valence-corrected chi connectivity index (χ2v) is 6.55. The number of ketones is 1. The summed E-state index contributed by atoms with van der Waals surface area (Å²) in [5, 5.41) is 1.51. The largest absolute Gasteiger partial charge is 0.495 e. The molecule has 1 heterocycles. The number of hydrogen-bond acceptors (Lipinski definition) is 4. The number of halogens is 1. The Bertz CT molecular complexity index is 964. The van der Waals surface area contributed by atoms with Crippen LogP contribution in [0.4, 0.5) is 0 Å². The van der Waals surface area contributed by atoms with Crippen LogP contribution in [0.25, 0.3) is 10.9 Å². The smallest absolute Gasteiger partial charge is 0.306 e. The number of carbonyl (C=O) groups is 2. The fourth-order valence-corrected chi connectivity index (χ4v) is 3.16. The Labute approximate surface area is 162 Å². The van der Waals surface area contributed by atoms with Crippen molar-refractivity contribution in [2.24, 2.45) is 0 Å². The molecule has 0 amide bonds. The number of methoxy groups -OCH3 is 1. The van der Waals surface area contributed by atoms with Crippen molar-refractivity contribution in [3.8, 4) is 5.75 Å². The van der Waals surface area contributed by atoms with E-state index in [1.54, 1.807) is 12.1 Å². The molecule has 0 unspecified atom stereocenters. The number of nitrogens with one attached hydrogen (secondary N) is 1. The number of benzene rings is 2. The standard InChI is InChI=1S/C21H20ClNO4/c1-26-20-10-9-14(11-17(20)22)19(24)13-27-21(25)8-4-5-15-12-23-18-7-3-2-6-16(15)18/h2-3,6-7,9-12,23H,4-5,8,13H2,1H3. The van der Waals surface area contributed by atoms with Gasteiger partial charge in [0, 0.05) is 29.1 Å². The highest BCUT2D eigenvalue weighted by atomic mass is 35.5. The molecule has 3 rings (SSSR count). The molecule has 0 bridgehead atoms. The van der Waals surface area contributed by atoms with Gasteiger partial charge in [-0.2, -0.15) is 0 Å². The van der Waals surface area contributed by atoms with E-state index in [0.29, 0.717) is 22.8 Å². The number of carbonyl (C=O) groups excluding carboxylic acids is 2. The first kappa shape index (κ1) is 19.0. The van der Waals surface area contributed by atoms with Crippen LogP contribution in [0.15, 0.2) is 48.7 Å². The minimum Gasteiger partial charge on any atom is -0.495 e. The monoisotopic (exact) mass is 385 g/mol. The molecule has 1 aromatic heterocycles. The number of aryl methyl sites for hydroxylation is 1. The predicted molar refractivity (Wildman–Crippen MR) is 105 cm³/mol. The van der Waals surface area contributed by atoms with Crippen molar-refractivity contribution in [1.29, 1.82) is 0 Å². The maximum atomic E-state index is 12.1. The number of hydrogen-bond donors (Lipinski definition) is 1. The molecular weight excluding hydrogens is 366 g/mol. The second kappa shape index (κ2) is 8.73. The molecule has 27 heavy (non-hydrogen) atoms. The number of rotatable bonds is 8. The maximum Gasteiger partial charge on any atom is 0.306 e. The summed E-state index contributed by atoms with van der Waals surface area (Å²) in [5.41, 5.74) is 2.63. The van der Waals surface area contributed by atoms with Crippen LogP contribution in [0.5, 0.6) is 5.75 Å². The van der Waals surface area contributed by atoms with E-state index in [1.165, 1.54) is 18.7 Å². The van der Waals surface area contributed by atoms with Crippen LogP contribution in [0.1, 0.15) is 28.8 Å². The van der Waals surface area contributed by atoms with Gasteiger partial charge in [0.05, 0.1) is 12.1 Å². The lowest BCUT2D eigenvalue weighted by Crippen LogP contribution is -2.14. The summed E-state index contributed by atoms with van der Waals surface area (Å²) in [7, 11) is 1.50. The topological polar surface area (TPSA) is 68.4 Å². The van der Waals surface area contributed by atoms with Gasteiger partial charge in [0.15, 0.2) is 12.4 Å². The number of H-pyrrole nitrogens is 1. The quantitative estimate of drug-likeness (QED) is 0.455. The second-order valence-electron chi connectivity index (χ2n) is 6.15. The summed E-state index contributed by atoms with van der Waals surface area (Å²) in [6.45, 7) is -0.297. The normalized spacial score (nSPS) is 10.7. The summed E-state index contributed by atoms with van der Waals surface area (Å²) < 4.78 is 10.1. The molecule has 0 aliphatic rings. The van der Waals surface area contributed by atoms with Crippen LogP contribution in [-0.2, 0) is 16.0 Å². The van der Waals surface area contributed by atoms with E-state index < -0.39 is 0 Å². The minimum absolute atomic E-state index is 0.260.